The van der Waals surface area contributed by atoms with Gasteiger partial charge in [0.25, 0.3) is 0 Å². The van der Waals surface area contributed by atoms with Gasteiger partial charge < -0.3 is 10.2 Å². The van der Waals surface area contributed by atoms with Crippen LogP contribution in [0.1, 0.15) is 49.8 Å². The van der Waals surface area contributed by atoms with Crippen molar-refractivity contribution in [2.75, 3.05) is 11.4 Å². The molecule has 1 aliphatic carbocycles. The molecule has 1 saturated carbocycles. The van der Waals surface area contributed by atoms with Gasteiger partial charge in [-0.15, -0.1) is 0 Å². The van der Waals surface area contributed by atoms with Gasteiger partial charge in [0.1, 0.15) is 0 Å². The molecule has 2 aliphatic rings. The molecule has 1 N–H and O–H groups in total. The second-order valence-corrected chi connectivity index (χ2v) is 9.23. The molecule has 1 aliphatic heterocycles. The van der Waals surface area contributed by atoms with Gasteiger partial charge in [0.15, 0.2) is 5.82 Å². The summed E-state index contributed by atoms with van der Waals surface area (Å²) in [6.45, 7) is 2.33. The summed E-state index contributed by atoms with van der Waals surface area (Å²) in [6, 6.07) is 8.26. The Morgan fingerprint density at radius 3 is 2.86 bits per heavy atom. The molecule has 0 spiro atoms. The van der Waals surface area contributed by atoms with Crippen molar-refractivity contribution in [3.8, 4) is 0 Å². The van der Waals surface area contributed by atoms with Crippen molar-refractivity contribution in [1.29, 1.82) is 0 Å². The summed E-state index contributed by atoms with van der Waals surface area (Å²) in [6.07, 6.45) is 9.20. The molecule has 28 heavy (non-hydrogen) atoms. The Morgan fingerprint density at radius 1 is 1.25 bits per heavy atom. The number of benzene rings is 1. The molecule has 0 radical (unpaired) electrons. The standard InChI is InChI=1S/C22H26BrClFN3/c23-19-10-16(27-13-21(19)25)14-28-17(9-8-15-4-1-2-5-15)11-26-12-18-20(24)6-3-7-22(18)28/h3,6-7,10,13,15,17,26H,1-2,4-5,8-9,11-12,14H2. The van der Waals surface area contributed by atoms with E-state index in [0.29, 0.717) is 17.1 Å². The average Bonchev–Trinajstić information content (AvgIpc) is 3.14. The van der Waals surface area contributed by atoms with Crippen LogP contribution in [0.15, 0.2) is 34.9 Å². The first-order valence-electron chi connectivity index (χ1n) is 10.2. The van der Waals surface area contributed by atoms with Crippen LogP contribution in [0.25, 0.3) is 0 Å². The predicted molar refractivity (Wildman–Crippen MR) is 116 cm³/mol. The van der Waals surface area contributed by atoms with Gasteiger partial charge in [-0.05, 0) is 52.9 Å². The van der Waals surface area contributed by atoms with Crippen molar-refractivity contribution in [2.24, 2.45) is 5.92 Å². The van der Waals surface area contributed by atoms with Crippen molar-refractivity contribution in [1.82, 2.24) is 10.3 Å². The molecular weight excluding hydrogens is 441 g/mol. The lowest BCUT2D eigenvalue weighted by molar-refractivity contribution is 0.423. The molecule has 3 nitrogen and oxygen atoms in total. The highest BCUT2D eigenvalue weighted by molar-refractivity contribution is 9.10. The van der Waals surface area contributed by atoms with E-state index >= 15 is 0 Å². The van der Waals surface area contributed by atoms with Gasteiger partial charge in [-0.3, -0.25) is 4.98 Å². The maximum atomic E-state index is 13.7. The monoisotopic (exact) mass is 465 g/mol. The molecule has 1 atom stereocenters. The topological polar surface area (TPSA) is 28.2 Å². The molecule has 6 heteroatoms. The van der Waals surface area contributed by atoms with Crippen molar-refractivity contribution in [3.63, 3.8) is 0 Å². The molecule has 4 rings (SSSR count). The number of nitrogens with zero attached hydrogens (tertiary/aromatic N) is 2. The minimum Gasteiger partial charge on any atom is -0.361 e. The molecular formula is C22H26BrClFN3. The van der Waals surface area contributed by atoms with Gasteiger partial charge in [0, 0.05) is 35.4 Å². The largest absolute Gasteiger partial charge is 0.361 e. The third kappa shape index (κ3) is 4.52. The van der Waals surface area contributed by atoms with Gasteiger partial charge in [0.05, 0.1) is 22.9 Å². The average molecular weight is 467 g/mol. The third-order valence-corrected chi connectivity index (χ3v) is 7.07. The Bertz CT molecular complexity index is 825. The first-order chi connectivity index (χ1) is 13.6. The molecule has 1 aromatic carbocycles. The molecule has 1 aromatic heterocycles. The van der Waals surface area contributed by atoms with Gasteiger partial charge in [-0.2, -0.15) is 0 Å². The van der Waals surface area contributed by atoms with Crippen LogP contribution in [0.2, 0.25) is 5.02 Å². The smallest absolute Gasteiger partial charge is 0.155 e. The van der Waals surface area contributed by atoms with E-state index in [1.54, 1.807) is 6.07 Å². The molecule has 0 bridgehead atoms. The van der Waals surface area contributed by atoms with E-state index in [9.17, 15) is 4.39 Å². The fourth-order valence-electron chi connectivity index (χ4n) is 4.58. The van der Waals surface area contributed by atoms with Crippen molar-refractivity contribution in [3.05, 3.63) is 57.0 Å². The lowest BCUT2D eigenvalue weighted by atomic mass is 9.97. The number of pyridine rings is 1. The lowest BCUT2D eigenvalue weighted by Crippen LogP contribution is -2.40. The van der Waals surface area contributed by atoms with Crippen LogP contribution in [0, 0.1) is 11.7 Å². The number of hydrogen-bond donors (Lipinski definition) is 1. The zero-order valence-electron chi connectivity index (χ0n) is 15.9. The summed E-state index contributed by atoms with van der Waals surface area (Å²) in [7, 11) is 0. The van der Waals surface area contributed by atoms with Crippen molar-refractivity contribution < 1.29 is 4.39 Å². The Balaban J connectivity index is 1.62. The van der Waals surface area contributed by atoms with E-state index < -0.39 is 0 Å². The number of aromatic nitrogens is 1. The van der Waals surface area contributed by atoms with E-state index in [1.807, 2.05) is 12.1 Å². The van der Waals surface area contributed by atoms with Crippen LogP contribution < -0.4 is 10.2 Å². The van der Waals surface area contributed by atoms with Gasteiger partial charge in [0.2, 0.25) is 0 Å². The second-order valence-electron chi connectivity index (χ2n) is 7.97. The number of rotatable bonds is 5. The summed E-state index contributed by atoms with van der Waals surface area (Å²) in [5.41, 5.74) is 3.15. The highest BCUT2D eigenvalue weighted by Crippen LogP contribution is 2.35. The molecule has 150 valence electrons. The second kappa shape index (κ2) is 9.10. The zero-order valence-corrected chi connectivity index (χ0v) is 18.3. The van der Waals surface area contributed by atoms with Gasteiger partial charge in [-0.25, -0.2) is 4.39 Å². The lowest BCUT2D eigenvalue weighted by Gasteiger charge is -2.33. The molecule has 2 heterocycles. The fraction of sp³-hybridized carbons (Fsp3) is 0.500. The van der Waals surface area contributed by atoms with Crippen LogP contribution in [-0.4, -0.2) is 17.6 Å². The quantitative estimate of drug-likeness (QED) is 0.578. The van der Waals surface area contributed by atoms with Gasteiger partial charge >= 0.3 is 0 Å². The summed E-state index contributed by atoms with van der Waals surface area (Å²) in [5, 5.41) is 4.38. The Labute approximate surface area is 179 Å². The van der Waals surface area contributed by atoms with Crippen molar-refractivity contribution >= 4 is 33.2 Å². The predicted octanol–water partition coefficient (Wildman–Crippen LogP) is 6.09. The number of hydrogen-bond acceptors (Lipinski definition) is 3. The SMILES string of the molecule is Fc1cnc(CN2c3cccc(Cl)c3CNCC2CCC2CCCC2)cc1Br. The summed E-state index contributed by atoms with van der Waals surface area (Å²) >= 11 is 9.81. The Morgan fingerprint density at radius 2 is 2.07 bits per heavy atom. The maximum Gasteiger partial charge on any atom is 0.155 e. The maximum absolute atomic E-state index is 13.7. The molecule has 0 amide bonds. The first kappa shape index (κ1) is 20.1. The summed E-state index contributed by atoms with van der Waals surface area (Å²) < 4.78 is 14.1. The van der Waals surface area contributed by atoms with E-state index in [-0.39, 0.29) is 5.82 Å². The molecule has 1 fully saturated rings. The van der Waals surface area contributed by atoms with Crippen LogP contribution in [-0.2, 0) is 13.1 Å². The van der Waals surface area contributed by atoms with E-state index in [1.165, 1.54) is 38.3 Å². The number of anilines is 1. The molecule has 2 aromatic rings. The number of fused-ring (bicyclic) bond motifs is 1. The third-order valence-electron chi connectivity index (χ3n) is 6.11. The number of nitrogens with one attached hydrogen (secondary N) is 1. The number of halogens is 3. The summed E-state index contributed by atoms with van der Waals surface area (Å²) in [5.74, 6) is 0.532. The Hall–Kier alpha value is -1.17. The minimum absolute atomic E-state index is 0.331. The van der Waals surface area contributed by atoms with Crippen LogP contribution in [0.3, 0.4) is 0 Å². The van der Waals surface area contributed by atoms with Gasteiger partial charge in [-0.1, -0.05) is 43.4 Å². The fourth-order valence-corrected chi connectivity index (χ4v) is 5.18. The van der Waals surface area contributed by atoms with Crippen LogP contribution in [0.4, 0.5) is 10.1 Å². The summed E-state index contributed by atoms with van der Waals surface area (Å²) in [4.78, 5) is 6.75. The Kier molecular flexibility index (Phi) is 6.54. The highest BCUT2D eigenvalue weighted by Gasteiger charge is 2.27. The first-order valence-corrected chi connectivity index (χ1v) is 11.3. The van der Waals surface area contributed by atoms with Crippen molar-refractivity contribution in [2.45, 2.75) is 57.7 Å². The molecule has 0 saturated heterocycles. The van der Waals surface area contributed by atoms with E-state index in [2.05, 4.69) is 37.2 Å². The molecule has 1 unspecified atom stereocenters. The van der Waals surface area contributed by atoms with Crippen LogP contribution >= 0.6 is 27.5 Å². The zero-order chi connectivity index (χ0) is 19.5. The minimum atomic E-state index is -0.331. The highest BCUT2D eigenvalue weighted by atomic mass is 79.9. The van der Waals surface area contributed by atoms with Crippen LogP contribution in [0.5, 0.6) is 0 Å². The van der Waals surface area contributed by atoms with E-state index in [4.69, 9.17) is 11.6 Å². The normalized spacial score (nSPS) is 20.2. The van der Waals surface area contributed by atoms with E-state index in [0.717, 1.165) is 47.4 Å².